The summed E-state index contributed by atoms with van der Waals surface area (Å²) in [5, 5.41) is 6.13. The maximum absolute atomic E-state index is 13.1. The lowest BCUT2D eigenvalue weighted by atomic mass is 10.1. The van der Waals surface area contributed by atoms with E-state index >= 15 is 0 Å². The molecule has 0 saturated carbocycles. The Balaban J connectivity index is 1.49. The molecule has 0 aromatic carbocycles. The van der Waals surface area contributed by atoms with Gasteiger partial charge in [0.05, 0.1) is 18.6 Å². The molecule has 0 unspecified atom stereocenters. The monoisotopic (exact) mass is 381 g/mol. The molecular formula is C19H19N5O2S. The first kappa shape index (κ1) is 16.3. The molecule has 1 fully saturated rings. The van der Waals surface area contributed by atoms with Gasteiger partial charge in [-0.2, -0.15) is 5.10 Å². The summed E-state index contributed by atoms with van der Waals surface area (Å²) in [5.74, 6) is -0.00823. The van der Waals surface area contributed by atoms with Gasteiger partial charge in [0.15, 0.2) is 0 Å². The number of carbonyl (C=O) groups excluding carboxylic acids is 2. The molecule has 1 saturated heterocycles. The molecular weight excluding hydrogens is 362 g/mol. The van der Waals surface area contributed by atoms with Gasteiger partial charge < -0.3 is 14.4 Å². The van der Waals surface area contributed by atoms with E-state index < -0.39 is 0 Å². The zero-order valence-corrected chi connectivity index (χ0v) is 15.7. The molecule has 2 aliphatic rings. The van der Waals surface area contributed by atoms with Crippen LogP contribution < -0.4 is 0 Å². The molecule has 27 heavy (non-hydrogen) atoms. The fourth-order valence-electron chi connectivity index (χ4n) is 4.18. The number of aryl methyl sites for hydroxylation is 1. The van der Waals surface area contributed by atoms with Crippen LogP contribution in [0.2, 0.25) is 0 Å². The molecule has 8 heteroatoms. The molecule has 2 aliphatic heterocycles. The summed E-state index contributed by atoms with van der Waals surface area (Å²) in [5.41, 5.74) is 1.26. The number of thiophene rings is 1. The third-order valence-electron chi connectivity index (χ3n) is 5.51. The summed E-state index contributed by atoms with van der Waals surface area (Å²) < 4.78 is 3.63. The molecule has 3 aromatic rings. The first-order chi connectivity index (χ1) is 13.1. The average molecular weight is 381 g/mol. The van der Waals surface area contributed by atoms with Crippen molar-refractivity contribution in [3.63, 3.8) is 0 Å². The molecule has 2 atom stereocenters. The third-order valence-corrected chi connectivity index (χ3v) is 6.37. The lowest BCUT2D eigenvalue weighted by Crippen LogP contribution is -2.49. The molecule has 0 N–H and O–H groups in total. The van der Waals surface area contributed by atoms with E-state index in [9.17, 15) is 9.59 Å². The minimum absolute atomic E-state index is 0.0309. The first-order valence-corrected chi connectivity index (χ1v) is 9.79. The summed E-state index contributed by atoms with van der Waals surface area (Å²) in [6.45, 7) is 1.70. The van der Waals surface area contributed by atoms with Gasteiger partial charge in [-0.1, -0.05) is 6.07 Å². The molecule has 138 valence electrons. The van der Waals surface area contributed by atoms with Crippen molar-refractivity contribution in [1.29, 1.82) is 0 Å². The number of hydrogen-bond donors (Lipinski definition) is 0. The van der Waals surface area contributed by atoms with Crippen LogP contribution in [0.25, 0.3) is 0 Å². The van der Waals surface area contributed by atoms with Crippen molar-refractivity contribution in [2.45, 2.75) is 18.6 Å². The molecule has 0 aliphatic carbocycles. The van der Waals surface area contributed by atoms with Gasteiger partial charge >= 0.3 is 0 Å². The highest BCUT2D eigenvalue weighted by Gasteiger charge is 2.46. The Labute approximate surface area is 160 Å². The molecule has 3 aromatic heterocycles. The van der Waals surface area contributed by atoms with Crippen molar-refractivity contribution in [2.75, 3.05) is 13.1 Å². The highest BCUT2D eigenvalue weighted by atomic mass is 32.1. The summed E-state index contributed by atoms with van der Waals surface area (Å²) in [4.78, 5) is 31.0. The van der Waals surface area contributed by atoms with Crippen LogP contribution in [-0.2, 0) is 13.6 Å². The number of carbonyl (C=O) groups is 2. The number of amides is 2. The van der Waals surface area contributed by atoms with Crippen molar-refractivity contribution >= 4 is 23.2 Å². The molecule has 2 amide bonds. The Bertz CT molecular complexity index is 1010. The Morgan fingerprint density at radius 2 is 2.07 bits per heavy atom. The van der Waals surface area contributed by atoms with Crippen molar-refractivity contribution in [3.8, 4) is 0 Å². The lowest BCUT2D eigenvalue weighted by Gasteiger charge is -2.37. The van der Waals surface area contributed by atoms with Gasteiger partial charge in [-0.3, -0.25) is 14.3 Å². The third kappa shape index (κ3) is 2.51. The van der Waals surface area contributed by atoms with Crippen LogP contribution in [0.5, 0.6) is 0 Å². The SMILES string of the molecule is Cn1nccc1C(=O)N1C[C@@H]2[C@H](C1)n1cccc1C(=O)N2Cc1cccs1. The summed E-state index contributed by atoms with van der Waals surface area (Å²) in [7, 11) is 1.77. The topological polar surface area (TPSA) is 63.4 Å². The van der Waals surface area contributed by atoms with Gasteiger partial charge in [-0.05, 0) is 29.6 Å². The summed E-state index contributed by atoms with van der Waals surface area (Å²) in [6, 6.07) is 9.60. The van der Waals surface area contributed by atoms with Crippen molar-refractivity contribution in [1.82, 2.24) is 24.1 Å². The largest absolute Gasteiger partial charge is 0.337 e. The second-order valence-electron chi connectivity index (χ2n) is 7.00. The van der Waals surface area contributed by atoms with Gasteiger partial charge in [0, 0.05) is 37.4 Å². The van der Waals surface area contributed by atoms with Crippen LogP contribution in [0, 0.1) is 0 Å². The van der Waals surface area contributed by atoms with E-state index in [0.717, 1.165) is 4.88 Å². The average Bonchev–Trinajstić information content (AvgIpc) is 3.43. The molecule has 7 nitrogen and oxygen atoms in total. The van der Waals surface area contributed by atoms with E-state index in [-0.39, 0.29) is 23.9 Å². The van der Waals surface area contributed by atoms with Crippen LogP contribution in [0.15, 0.2) is 48.1 Å². The molecule has 5 heterocycles. The lowest BCUT2D eigenvalue weighted by molar-refractivity contribution is 0.0552. The first-order valence-electron chi connectivity index (χ1n) is 8.91. The van der Waals surface area contributed by atoms with Crippen LogP contribution in [0.4, 0.5) is 0 Å². The Hall–Kier alpha value is -2.87. The second kappa shape index (κ2) is 6.09. The summed E-state index contributed by atoms with van der Waals surface area (Å²) >= 11 is 1.65. The number of nitrogens with zero attached hydrogens (tertiary/aromatic N) is 5. The minimum Gasteiger partial charge on any atom is -0.337 e. The fourth-order valence-corrected chi connectivity index (χ4v) is 4.88. The highest BCUT2D eigenvalue weighted by Crippen LogP contribution is 2.35. The van der Waals surface area contributed by atoms with Gasteiger partial charge in [0.25, 0.3) is 11.8 Å². The number of hydrogen-bond acceptors (Lipinski definition) is 4. The van der Waals surface area contributed by atoms with Crippen LogP contribution in [0.1, 0.15) is 31.9 Å². The van der Waals surface area contributed by atoms with E-state index in [1.807, 2.05) is 50.2 Å². The number of rotatable bonds is 3. The zero-order valence-electron chi connectivity index (χ0n) is 14.9. The second-order valence-corrected chi connectivity index (χ2v) is 8.03. The maximum Gasteiger partial charge on any atom is 0.272 e. The number of fused-ring (bicyclic) bond motifs is 3. The van der Waals surface area contributed by atoms with E-state index in [2.05, 4.69) is 5.10 Å². The zero-order chi connectivity index (χ0) is 18.5. The van der Waals surface area contributed by atoms with Crippen LogP contribution >= 0.6 is 11.3 Å². The number of likely N-dealkylation sites (tertiary alicyclic amines) is 1. The van der Waals surface area contributed by atoms with Crippen molar-refractivity contribution in [2.24, 2.45) is 7.05 Å². The van der Waals surface area contributed by atoms with E-state index in [1.54, 1.807) is 35.3 Å². The smallest absolute Gasteiger partial charge is 0.272 e. The predicted molar refractivity (Wildman–Crippen MR) is 101 cm³/mol. The van der Waals surface area contributed by atoms with Gasteiger partial charge in [0.2, 0.25) is 0 Å². The summed E-state index contributed by atoms with van der Waals surface area (Å²) in [6.07, 6.45) is 3.58. The van der Waals surface area contributed by atoms with Crippen LogP contribution in [0.3, 0.4) is 0 Å². The maximum atomic E-state index is 13.1. The Kier molecular flexibility index (Phi) is 3.68. The van der Waals surface area contributed by atoms with Crippen LogP contribution in [-0.4, -0.2) is 55.1 Å². The molecule has 5 rings (SSSR count). The normalized spacial score (nSPS) is 21.4. The van der Waals surface area contributed by atoms with Crippen molar-refractivity contribution < 1.29 is 9.59 Å². The number of aromatic nitrogens is 3. The fraction of sp³-hybridized carbons (Fsp3) is 0.316. The molecule has 0 spiro atoms. The minimum atomic E-state index is -0.0402. The van der Waals surface area contributed by atoms with Crippen molar-refractivity contribution in [3.05, 3.63) is 64.4 Å². The quantitative estimate of drug-likeness (QED) is 0.697. The van der Waals surface area contributed by atoms with Gasteiger partial charge in [-0.25, -0.2) is 0 Å². The molecule has 0 bridgehead atoms. The van der Waals surface area contributed by atoms with E-state index in [0.29, 0.717) is 31.0 Å². The highest BCUT2D eigenvalue weighted by molar-refractivity contribution is 7.09. The molecule has 0 radical (unpaired) electrons. The van der Waals surface area contributed by atoms with E-state index in [1.165, 1.54) is 0 Å². The van der Waals surface area contributed by atoms with Gasteiger partial charge in [0.1, 0.15) is 11.4 Å². The standard InChI is InChI=1S/C19H19N5O2S/c1-21-14(6-7-20-21)18(25)22-11-16-17(12-22)24(10-13-4-3-9-27-13)19(26)15-5-2-8-23(15)16/h2-9,16-17H,10-12H2,1H3/t16-,17+/m0/s1. The van der Waals surface area contributed by atoms with Gasteiger partial charge in [-0.15, -0.1) is 11.3 Å². The van der Waals surface area contributed by atoms with E-state index in [4.69, 9.17) is 0 Å². The Morgan fingerprint density at radius 3 is 2.81 bits per heavy atom. The Morgan fingerprint density at radius 1 is 1.22 bits per heavy atom. The predicted octanol–water partition coefficient (Wildman–Crippen LogP) is 2.00.